The zero-order chi connectivity index (χ0) is 20.3. The zero-order valence-electron chi connectivity index (χ0n) is 14.8. The van der Waals surface area contributed by atoms with Gasteiger partial charge in [0.15, 0.2) is 6.61 Å². The number of fused-ring (bicyclic) bond motifs is 2. The Kier molecular flexibility index (Phi) is 6.86. The van der Waals surface area contributed by atoms with Crippen LogP contribution in [0, 0.1) is 5.82 Å². The van der Waals surface area contributed by atoms with E-state index in [1.54, 1.807) is 0 Å². The number of nitrogens with zero attached hydrogens (tertiary/aromatic N) is 1. The number of hydrogen-bond donors (Lipinski definition) is 4. The second-order valence-corrected chi connectivity index (χ2v) is 5.75. The highest BCUT2D eigenvalue weighted by molar-refractivity contribution is 5.95. The average Bonchev–Trinajstić information content (AvgIpc) is 2.68. The lowest BCUT2D eigenvalue weighted by Crippen LogP contribution is -2.25. The Balaban J connectivity index is 0.000000202. The minimum Gasteiger partial charge on any atom is -0.482 e. The highest BCUT2D eigenvalue weighted by Crippen LogP contribution is 2.28. The first-order valence-electron chi connectivity index (χ1n) is 8.06. The number of ether oxygens (including phenoxy) is 1. The van der Waals surface area contributed by atoms with E-state index in [1.807, 2.05) is 23.2 Å². The van der Waals surface area contributed by atoms with Crippen molar-refractivity contribution in [3.8, 4) is 5.75 Å². The normalized spacial score (nSPS) is 11.9. The Morgan fingerprint density at radius 1 is 1.24 bits per heavy atom. The number of nitrogens with two attached hydrogens (primary N) is 1. The van der Waals surface area contributed by atoms with Gasteiger partial charge in [0.25, 0.3) is 11.5 Å². The van der Waals surface area contributed by atoms with Gasteiger partial charge in [-0.2, -0.15) is 0 Å². The number of carboxylic acids is 1. The third-order valence-electron chi connectivity index (χ3n) is 3.78. The first-order valence-corrected chi connectivity index (χ1v) is 8.06. The highest BCUT2D eigenvalue weighted by atomic mass is 35.5. The van der Waals surface area contributed by atoms with Gasteiger partial charge in [-0.3, -0.25) is 9.59 Å². The summed E-state index contributed by atoms with van der Waals surface area (Å²) in [4.78, 5) is 38.5. The summed E-state index contributed by atoms with van der Waals surface area (Å²) < 4.78 is 18.0. The van der Waals surface area contributed by atoms with Crippen LogP contribution in [0.5, 0.6) is 5.75 Å². The van der Waals surface area contributed by atoms with E-state index in [0.29, 0.717) is 18.0 Å². The molecule has 0 unspecified atom stereocenters. The molecule has 1 aliphatic heterocycles. The predicted octanol–water partition coefficient (Wildman–Crippen LogP) is 1.66. The maximum atomic E-state index is 12.8. The van der Waals surface area contributed by atoms with Crippen molar-refractivity contribution in [2.45, 2.75) is 6.54 Å². The van der Waals surface area contributed by atoms with Gasteiger partial charge in [-0.25, -0.2) is 14.2 Å². The van der Waals surface area contributed by atoms with Gasteiger partial charge in [-0.15, -0.1) is 12.4 Å². The number of H-pyrrole nitrogens is 1. The maximum absolute atomic E-state index is 12.8. The number of amides is 1. The van der Waals surface area contributed by atoms with E-state index in [9.17, 15) is 18.8 Å². The van der Waals surface area contributed by atoms with E-state index < -0.39 is 23.2 Å². The van der Waals surface area contributed by atoms with Gasteiger partial charge in [0.1, 0.15) is 11.6 Å². The van der Waals surface area contributed by atoms with E-state index in [-0.39, 0.29) is 35.8 Å². The number of carbonyl (C=O) groups is 2. The first-order chi connectivity index (χ1) is 13.4. The van der Waals surface area contributed by atoms with Crippen molar-refractivity contribution in [2.75, 3.05) is 11.9 Å². The van der Waals surface area contributed by atoms with Crippen molar-refractivity contribution in [2.24, 2.45) is 5.73 Å². The van der Waals surface area contributed by atoms with Crippen LogP contribution >= 0.6 is 12.4 Å². The third kappa shape index (κ3) is 5.06. The Morgan fingerprint density at radius 2 is 2.00 bits per heavy atom. The number of rotatable bonds is 2. The first kappa shape index (κ1) is 21.8. The van der Waals surface area contributed by atoms with Gasteiger partial charge in [0.2, 0.25) is 5.82 Å². The fraction of sp³-hybridized carbons (Fsp3) is 0.111. The van der Waals surface area contributed by atoms with Crippen LogP contribution in [0.25, 0.3) is 10.9 Å². The summed E-state index contributed by atoms with van der Waals surface area (Å²) in [5, 5.41) is 11.4. The van der Waals surface area contributed by atoms with Crippen molar-refractivity contribution in [3.63, 3.8) is 0 Å². The van der Waals surface area contributed by atoms with Crippen molar-refractivity contribution in [3.05, 3.63) is 64.0 Å². The van der Waals surface area contributed by atoms with Crippen molar-refractivity contribution < 1.29 is 23.8 Å². The monoisotopic (exact) mass is 422 g/mol. The zero-order valence-corrected chi connectivity index (χ0v) is 15.6. The molecular formula is C18H16ClFN4O5. The van der Waals surface area contributed by atoms with Crippen molar-refractivity contribution in [1.82, 2.24) is 9.97 Å². The van der Waals surface area contributed by atoms with E-state index in [2.05, 4.69) is 10.3 Å². The number of benzene rings is 2. The summed E-state index contributed by atoms with van der Waals surface area (Å²) in [6, 6.07) is 8.90. The molecule has 3 aromatic rings. The molecule has 1 aliphatic rings. The van der Waals surface area contributed by atoms with Gasteiger partial charge in [-0.1, -0.05) is 6.07 Å². The molecule has 0 saturated heterocycles. The fourth-order valence-electron chi connectivity index (χ4n) is 2.47. The Labute approximate surface area is 169 Å². The molecule has 0 radical (unpaired) electrons. The molecule has 4 rings (SSSR count). The van der Waals surface area contributed by atoms with E-state index in [0.717, 1.165) is 17.7 Å². The van der Waals surface area contributed by atoms with Crippen molar-refractivity contribution >= 4 is 40.9 Å². The Morgan fingerprint density at radius 3 is 2.69 bits per heavy atom. The molecule has 0 atom stereocenters. The number of hydrogen-bond acceptors (Lipinski definition) is 6. The number of halogens is 2. The SMILES string of the molecule is Cl.NCc1ccc2c(c1)NC(=O)CO2.O=C(O)c1nc2ccc(F)cc2c(=O)[nH]1. The number of aromatic amines is 1. The van der Waals surface area contributed by atoms with Crippen LogP contribution in [0.1, 0.15) is 16.2 Å². The average molecular weight is 423 g/mol. The van der Waals surface area contributed by atoms with Crippen LogP contribution < -0.4 is 21.3 Å². The van der Waals surface area contributed by atoms with Gasteiger partial charge < -0.3 is 25.9 Å². The van der Waals surface area contributed by atoms with Crippen LogP contribution in [-0.2, 0) is 11.3 Å². The molecule has 0 aliphatic carbocycles. The molecule has 0 saturated carbocycles. The van der Waals surface area contributed by atoms with Gasteiger partial charge in [0, 0.05) is 6.54 Å². The van der Waals surface area contributed by atoms with Gasteiger partial charge in [-0.05, 0) is 35.9 Å². The smallest absolute Gasteiger partial charge is 0.372 e. The molecule has 29 heavy (non-hydrogen) atoms. The molecule has 0 spiro atoms. The van der Waals surface area contributed by atoms with Crippen LogP contribution in [0.4, 0.5) is 10.1 Å². The molecule has 5 N–H and O–H groups in total. The number of nitrogens with one attached hydrogen (secondary N) is 2. The molecule has 1 aromatic heterocycles. The topological polar surface area (TPSA) is 147 Å². The molecule has 1 amide bonds. The summed E-state index contributed by atoms with van der Waals surface area (Å²) in [5.41, 5.74) is 6.63. The summed E-state index contributed by atoms with van der Waals surface area (Å²) >= 11 is 0. The molecular weight excluding hydrogens is 407 g/mol. The minimum atomic E-state index is -1.33. The third-order valence-corrected chi connectivity index (χ3v) is 3.78. The number of carboxylic acid groups (broad SMARTS) is 1. The number of carbonyl (C=O) groups excluding carboxylic acids is 1. The molecule has 0 bridgehead atoms. The van der Waals surface area contributed by atoms with Crippen LogP contribution in [0.2, 0.25) is 0 Å². The Bertz CT molecular complexity index is 1130. The van der Waals surface area contributed by atoms with Crippen LogP contribution in [-0.4, -0.2) is 33.6 Å². The molecule has 9 nitrogen and oxygen atoms in total. The summed E-state index contributed by atoms with van der Waals surface area (Å²) in [5.74, 6) is -1.78. The van der Waals surface area contributed by atoms with Crippen molar-refractivity contribution in [1.29, 1.82) is 0 Å². The molecule has 0 fully saturated rings. The number of aromatic nitrogens is 2. The Hall–Kier alpha value is -3.50. The summed E-state index contributed by atoms with van der Waals surface area (Å²) in [7, 11) is 0. The summed E-state index contributed by atoms with van der Waals surface area (Å²) in [6.45, 7) is 0.554. The maximum Gasteiger partial charge on any atom is 0.372 e. The summed E-state index contributed by atoms with van der Waals surface area (Å²) in [6.07, 6.45) is 0. The lowest BCUT2D eigenvalue weighted by Gasteiger charge is -2.18. The molecule has 2 aromatic carbocycles. The lowest BCUT2D eigenvalue weighted by atomic mass is 10.1. The largest absolute Gasteiger partial charge is 0.482 e. The molecule has 152 valence electrons. The number of anilines is 1. The van der Waals surface area contributed by atoms with Gasteiger partial charge in [0.05, 0.1) is 16.6 Å². The predicted molar refractivity (Wildman–Crippen MR) is 105 cm³/mol. The molecule has 11 heteroatoms. The van der Waals surface area contributed by atoms with Crippen LogP contribution in [0.3, 0.4) is 0 Å². The second-order valence-electron chi connectivity index (χ2n) is 5.75. The standard InChI is InChI=1S/C9H5FN2O3.C9H10N2O2.ClH/c10-4-1-2-6-5(3-4)8(13)12-7(11-6)9(14)15;10-4-6-1-2-8-7(3-6)11-9(12)5-13-8;/h1-3H,(H,14,15)(H,11,12,13);1-3H,4-5,10H2,(H,11,12);1H. The minimum absolute atomic E-state index is 0. The van der Waals surface area contributed by atoms with E-state index in [4.69, 9.17) is 15.6 Å². The highest BCUT2D eigenvalue weighted by Gasteiger charge is 2.15. The molecule has 2 heterocycles. The quantitative estimate of drug-likeness (QED) is 0.490. The number of aromatic carboxylic acids is 1. The second kappa shape index (κ2) is 9.13. The van der Waals surface area contributed by atoms with Gasteiger partial charge >= 0.3 is 5.97 Å². The van der Waals surface area contributed by atoms with E-state index >= 15 is 0 Å². The van der Waals surface area contributed by atoms with E-state index in [1.165, 1.54) is 6.07 Å². The lowest BCUT2D eigenvalue weighted by molar-refractivity contribution is -0.118. The fourth-order valence-corrected chi connectivity index (χ4v) is 2.47. The van der Waals surface area contributed by atoms with Crippen LogP contribution in [0.15, 0.2) is 41.2 Å².